The van der Waals surface area contributed by atoms with Crippen LogP contribution in [0.3, 0.4) is 0 Å². The third-order valence-corrected chi connectivity index (χ3v) is 4.82. The SMILES string of the molecule is Cc1cc(C[C@H]2COCCN(C(=O)CCc3c(C)noc3C)C2)ncn1. The standard InChI is InChI=1S/C19H26N4O3/c1-13-8-17(21-12-20-13)9-16-10-23(6-7-25-11-16)19(24)5-4-18-14(2)22-26-15(18)3/h8,12,16H,4-7,9-11H2,1-3H3/t16-/m1/s1. The maximum absolute atomic E-state index is 12.7. The summed E-state index contributed by atoms with van der Waals surface area (Å²) in [6.07, 6.45) is 3.50. The molecule has 140 valence electrons. The average molecular weight is 358 g/mol. The van der Waals surface area contributed by atoms with Gasteiger partial charge >= 0.3 is 0 Å². The Morgan fingerprint density at radius 3 is 2.88 bits per heavy atom. The summed E-state index contributed by atoms with van der Waals surface area (Å²) in [6.45, 7) is 8.32. The van der Waals surface area contributed by atoms with Gasteiger partial charge in [0.05, 0.1) is 18.9 Å². The summed E-state index contributed by atoms with van der Waals surface area (Å²) >= 11 is 0. The Balaban J connectivity index is 1.58. The van der Waals surface area contributed by atoms with Gasteiger partial charge in [0.15, 0.2) is 0 Å². The number of hydrogen-bond donors (Lipinski definition) is 0. The van der Waals surface area contributed by atoms with Gasteiger partial charge in [-0.25, -0.2) is 9.97 Å². The van der Waals surface area contributed by atoms with E-state index in [0.717, 1.165) is 34.8 Å². The first-order valence-electron chi connectivity index (χ1n) is 9.07. The van der Waals surface area contributed by atoms with E-state index in [1.54, 1.807) is 6.33 Å². The highest BCUT2D eigenvalue weighted by Crippen LogP contribution is 2.17. The van der Waals surface area contributed by atoms with Crippen LogP contribution in [-0.2, 0) is 22.4 Å². The van der Waals surface area contributed by atoms with Gasteiger partial charge in [-0.3, -0.25) is 4.79 Å². The number of aryl methyl sites for hydroxylation is 3. The fourth-order valence-electron chi connectivity index (χ4n) is 3.40. The van der Waals surface area contributed by atoms with Crippen molar-refractivity contribution in [2.75, 3.05) is 26.3 Å². The summed E-state index contributed by atoms with van der Waals surface area (Å²) < 4.78 is 10.9. The first-order valence-corrected chi connectivity index (χ1v) is 9.07. The van der Waals surface area contributed by atoms with Crippen LogP contribution in [0.2, 0.25) is 0 Å². The molecule has 1 aliphatic rings. The summed E-state index contributed by atoms with van der Waals surface area (Å²) in [5.41, 5.74) is 3.86. The Bertz CT molecular complexity index is 739. The number of rotatable bonds is 5. The van der Waals surface area contributed by atoms with Gasteiger partial charge in [0.25, 0.3) is 0 Å². The van der Waals surface area contributed by atoms with Crippen LogP contribution in [0.15, 0.2) is 16.9 Å². The van der Waals surface area contributed by atoms with Crippen LogP contribution < -0.4 is 0 Å². The third-order valence-electron chi connectivity index (χ3n) is 4.82. The smallest absolute Gasteiger partial charge is 0.222 e. The zero-order chi connectivity index (χ0) is 18.5. The number of hydrogen-bond acceptors (Lipinski definition) is 6. The average Bonchev–Trinajstić information content (AvgIpc) is 2.80. The first-order chi connectivity index (χ1) is 12.5. The van der Waals surface area contributed by atoms with Crippen molar-refractivity contribution >= 4 is 5.91 Å². The highest BCUT2D eigenvalue weighted by Gasteiger charge is 2.23. The fourth-order valence-corrected chi connectivity index (χ4v) is 3.40. The van der Waals surface area contributed by atoms with E-state index in [-0.39, 0.29) is 11.8 Å². The molecule has 0 bridgehead atoms. The van der Waals surface area contributed by atoms with Gasteiger partial charge in [-0.1, -0.05) is 5.16 Å². The molecule has 7 nitrogen and oxygen atoms in total. The molecule has 1 fully saturated rings. The molecule has 0 aromatic carbocycles. The zero-order valence-electron chi connectivity index (χ0n) is 15.7. The molecule has 1 atom stereocenters. The van der Waals surface area contributed by atoms with E-state index >= 15 is 0 Å². The van der Waals surface area contributed by atoms with Crippen LogP contribution in [0.1, 0.15) is 34.8 Å². The van der Waals surface area contributed by atoms with Crippen LogP contribution in [0, 0.1) is 26.7 Å². The Kier molecular flexibility index (Phi) is 5.98. The Labute approximate surface area is 153 Å². The van der Waals surface area contributed by atoms with E-state index in [1.807, 2.05) is 31.7 Å². The normalized spacial score (nSPS) is 18.0. The first kappa shape index (κ1) is 18.5. The van der Waals surface area contributed by atoms with Gasteiger partial charge in [0, 0.05) is 42.4 Å². The molecule has 7 heteroatoms. The van der Waals surface area contributed by atoms with Crippen LogP contribution in [0.25, 0.3) is 0 Å². The lowest BCUT2D eigenvalue weighted by atomic mass is 10.0. The van der Waals surface area contributed by atoms with Crippen molar-refractivity contribution in [1.82, 2.24) is 20.0 Å². The largest absolute Gasteiger partial charge is 0.379 e. The highest BCUT2D eigenvalue weighted by atomic mass is 16.5. The summed E-state index contributed by atoms with van der Waals surface area (Å²) in [5.74, 6) is 1.20. The van der Waals surface area contributed by atoms with Gasteiger partial charge in [-0.2, -0.15) is 0 Å². The lowest BCUT2D eigenvalue weighted by Gasteiger charge is -2.23. The van der Waals surface area contributed by atoms with Crippen molar-refractivity contribution in [3.05, 3.63) is 40.8 Å². The van der Waals surface area contributed by atoms with E-state index in [4.69, 9.17) is 9.26 Å². The summed E-state index contributed by atoms with van der Waals surface area (Å²) in [5, 5.41) is 3.96. The van der Waals surface area contributed by atoms with Crippen molar-refractivity contribution < 1.29 is 14.1 Å². The number of aromatic nitrogens is 3. The zero-order valence-corrected chi connectivity index (χ0v) is 15.7. The lowest BCUT2D eigenvalue weighted by Crippen LogP contribution is -2.36. The van der Waals surface area contributed by atoms with Gasteiger partial charge in [0.1, 0.15) is 12.1 Å². The minimum absolute atomic E-state index is 0.152. The molecule has 0 spiro atoms. The number of ether oxygens (including phenoxy) is 1. The van der Waals surface area contributed by atoms with Gasteiger partial charge in [0.2, 0.25) is 5.91 Å². The second kappa shape index (κ2) is 8.40. The van der Waals surface area contributed by atoms with Gasteiger partial charge in [-0.15, -0.1) is 0 Å². The molecule has 0 radical (unpaired) electrons. The molecule has 0 N–H and O–H groups in total. The molecule has 26 heavy (non-hydrogen) atoms. The monoisotopic (exact) mass is 358 g/mol. The predicted octanol–water partition coefficient (Wildman–Crippen LogP) is 2.04. The van der Waals surface area contributed by atoms with E-state index in [9.17, 15) is 4.79 Å². The van der Waals surface area contributed by atoms with E-state index in [2.05, 4.69) is 15.1 Å². The second-order valence-electron chi connectivity index (χ2n) is 6.94. The van der Waals surface area contributed by atoms with E-state index in [0.29, 0.717) is 39.1 Å². The molecular weight excluding hydrogens is 332 g/mol. The van der Waals surface area contributed by atoms with Gasteiger partial charge < -0.3 is 14.2 Å². The summed E-state index contributed by atoms with van der Waals surface area (Å²) in [6, 6.07) is 1.99. The van der Waals surface area contributed by atoms with Crippen molar-refractivity contribution in [3.63, 3.8) is 0 Å². The minimum Gasteiger partial charge on any atom is -0.379 e. The van der Waals surface area contributed by atoms with Crippen LogP contribution in [0.5, 0.6) is 0 Å². The molecule has 2 aromatic rings. The molecule has 0 saturated carbocycles. The number of carbonyl (C=O) groups excluding carboxylic acids is 1. The number of carbonyl (C=O) groups is 1. The fraction of sp³-hybridized carbons (Fsp3) is 0.579. The predicted molar refractivity (Wildman–Crippen MR) is 95.7 cm³/mol. The molecule has 3 heterocycles. The van der Waals surface area contributed by atoms with Crippen LogP contribution in [-0.4, -0.2) is 52.2 Å². The van der Waals surface area contributed by atoms with Crippen molar-refractivity contribution in [1.29, 1.82) is 0 Å². The van der Waals surface area contributed by atoms with E-state index < -0.39 is 0 Å². The maximum atomic E-state index is 12.7. The van der Waals surface area contributed by atoms with Crippen molar-refractivity contribution in [2.45, 2.75) is 40.0 Å². The Morgan fingerprint density at radius 2 is 2.15 bits per heavy atom. The van der Waals surface area contributed by atoms with Crippen LogP contribution in [0.4, 0.5) is 0 Å². The summed E-state index contributed by atoms with van der Waals surface area (Å²) in [4.78, 5) is 23.1. The maximum Gasteiger partial charge on any atom is 0.222 e. The molecule has 1 amide bonds. The minimum atomic E-state index is 0.152. The number of nitrogens with zero attached hydrogens (tertiary/aromatic N) is 4. The lowest BCUT2D eigenvalue weighted by molar-refractivity contribution is -0.131. The van der Waals surface area contributed by atoms with E-state index in [1.165, 1.54) is 0 Å². The number of amides is 1. The molecule has 2 aromatic heterocycles. The van der Waals surface area contributed by atoms with Crippen molar-refractivity contribution in [2.24, 2.45) is 5.92 Å². The molecular formula is C19H26N4O3. The summed E-state index contributed by atoms with van der Waals surface area (Å²) in [7, 11) is 0. The molecule has 3 rings (SSSR count). The van der Waals surface area contributed by atoms with Crippen LogP contribution >= 0.6 is 0 Å². The molecule has 1 aliphatic heterocycles. The Hall–Kier alpha value is -2.28. The highest BCUT2D eigenvalue weighted by molar-refractivity contribution is 5.76. The Morgan fingerprint density at radius 1 is 1.31 bits per heavy atom. The molecule has 0 unspecified atom stereocenters. The molecule has 0 aliphatic carbocycles. The van der Waals surface area contributed by atoms with Gasteiger partial charge in [-0.05, 0) is 39.7 Å². The quantitative estimate of drug-likeness (QED) is 0.814. The third kappa shape index (κ3) is 4.66. The molecule has 1 saturated heterocycles. The topological polar surface area (TPSA) is 81.4 Å². The van der Waals surface area contributed by atoms with Crippen molar-refractivity contribution in [3.8, 4) is 0 Å². The second-order valence-corrected chi connectivity index (χ2v) is 6.94.